The van der Waals surface area contributed by atoms with Gasteiger partial charge in [-0.05, 0) is 6.42 Å². The average Bonchev–Trinajstić information content (AvgIpc) is 2.47. The van der Waals surface area contributed by atoms with Crippen LogP contribution in [-0.2, 0) is 65.4 Å². The van der Waals surface area contributed by atoms with E-state index in [1.807, 2.05) is 6.92 Å². The van der Waals surface area contributed by atoms with Crippen LogP contribution in [0.5, 0.6) is 0 Å². The third-order valence-corrected chi connectivity index (χ3v) is 2.62. The van der Waals surface area contributed by atoms with Crippen molar-refractivity contribution in [2.75, 3.05) is 19.8 Å². The normalized spacial score (nSPS) is 10.5. The van der Waals surface area contributed by atoms with Crippen molar-refractivity contribution in [1.29, 1.82) is 0 Å². The number of amides is 2. The predicted octanol–water partition coefficient (Wildman–Crippen LogP) is -1.92. The van der Waals surface area contributed by atoms with Crippen molar-refractivity contribution in [2.45, 2.75) is 38.6 Å². The third-order valence-electron chi connectivity index (χ3n) is 2.62. The zero-order chi connectivity index (χ0) is 16.1. The van der Waals surface area contributed by atoms with E-state index in [-0.39, 0.29) is 96.4 Å². The van der Waals surface area contributed by atoms with Crippen molar-refractivity contribution in [3.63, 3.8) is 0 Å². The van der Waals surface area contributed by atoms with Gasteiger partial charge in [0.25, 0.3) is 0 Å². The number of nitrogens with one attached hydrogen (secondary N) is 3. The van der Waals surface area contributed by atoms with Gasteiger partial charge in [-0.2, -0.15) is 0 Å². The Bertz CT molecular complexity index is 372. The minimum absolute atomic E-state index is 0. The van der Waals surface area contributed by atoms with Gasteiger partial charge in [0.2, 0.25) is 11.8 Å². The summed E-state index contributed by atoms with van der Waals surface area (Å²) in [6.45, 7) is 1.82. The van der Waals surface area contributed by atoms with Crippen molar-refractivity contribution in [2.24, 2.45) is 5.73 Å². The van der Waals surface area contributed by atoms with Crippen LogP contribution in [0.4, 0.5) is 0 Å². The smallest absolute Gasteiger partial charge is 0.221 e. The number of carbonyl (C=O) groups excluding carboxylic acids is 4. The molecule has 1 atom stereocenters. The second-order valence-corrected chi connectivity index (χ2v) is 4.46. The van der Waals surface area contributed by atoms with E-state index in [0.717, 1.165) is 6.42 Å². The maximum absolute atomic E-state index is 11.5. The minimum atomic E-state index is -0.694. The molecule has 10 heteroatoms. The van der Waals surface area contributed by atoms with E-state index in [0.29, 0.717) is 6.42 Å². The van der Waals surface area contributed by atoms with Crippen molar-refractivity contribution < 1.29 is 51.9 Å². The van der Waals surface area contributed by atoms with Gasteiger partial charge < -0.3 is 40.0 Å². The van der Waals surface area contributed by atoms with Crippen molar-refractivity contribution in [3.05, 3.63) is 0 Å². The first kappa shape index (κ1) is 27.5. The average molecular weight is 421 g/mol. The van der Waals surface area contributed by atoms with Gasteiger partial charge in [-0.3, -0.25) is 14.4 Å². The van der Waals surface area contributed by atoms with Crippen LogP contribution in [0.15, 0.2) is 0 Å². The minimum Gasteiger partial charge on any atom is -0.813 e. The fraction of sp³-hybridized carbons (Fsp3) is 0.692. The monoisotopic (exact) mass is 421 g/mol. The molecular formula is C13H24N4O4SY-2. The molecule has 0 bridgehead atoms. The van der Waals surface area contributed by atoms with Crippen LogP contribution in [0.3, 0.4) is 0 Å². The van der Waals surface area contributed by atoms with Crippen LogP contribution < -0.4 is 21.7 Å². The van der Waals surface area contributed by atoms with Crippen LogP contribution in [0, 0.1) is 0 Å². The van der Waals surface area contributed by atoms with Gasteiger partial charge in [-0.1, -0.05) is 19.4 Å². The molecule has 0 aromatic carbocycles. The van der Waals surface area contributed by atoms with E-state index in [9.17, 15) is 19.2 Å². The molecule has 0 saturated carbocycles. The maximum atomic E-state index is 11.5. The van der Waals surface area contributed by atoms with Crippen LogP contribution in [0.25, 0.3) is 0 Å². The van der Waals surface area contributed by atoms with E-state index in [4.69, 9.17) is 5.73 Å². The summed E-state index contributed by atoms with van der Waals surface area (Å²) in [5.74, 6) is -0.642. The Morgan fingerprint density at radius 3 is 2.17 bits per heavy atom. The number of rotatable bonds is 12. The number of nitrogens with two attached hydrogens (primary N) is 1. The van der Waals surface area contributed by atoms with E-state index in [1.54, 1.807) is 6.29 Å². The molecule has 0 aliphatic rings. The Labute approximate surface area is 168 Å². The SMILES string of the molecule is CCCC(=O)NCNC(=O)CCC([C-]=O)NCC(=O)CN.[SH-].[Y]. The largest absolute Gasteiger partial charge is 0.813 e. The number of hydrogen-bond donors (Lipinski definition) is 4. The fourth-order valence-electron chi connectivity index (χ4n) is 1.43. The third kappa shape index (κ3) is 16.3. The summed E-state index contributed by atoms with van der Waals surface area (Å²) in [6.07, 6.45) is 3.19. The molecule has 0 aliphatic carbocycles. The molecule has 0 rings (SSSR count). The number of thiol groups is 1. The molecule has 0 spiro atoms. The Morgan fingerprint density at radius 2 is 1.70 bits per heavy atom. The van der Waals surface area contributed by atoms with Gasteiger partial charge in [0.05, 0.1) is 19.8 Å². The summed E-state index contributed by atoms with van der Waals surface area (Å²) in [6, 6.07) is -0.694. The van der Waals surface area contributed by atoms with Gasteiger partial charge >= 0.3 is 0 Å². The molecule has 0 aromatic rings. The predicted molar refractivity (Wildman–Crippen MR) is 85.6 cm³/mol. The first-order valence-electron chi connectivity index (χ1n) is 6.89. The van der Waals surface area contributed by atoms with Gasteiger partial charge in [0.15, 0.2) is 5.78 Å². The van der Waals surface area contributed by atoms with Gasteiger partial charge in [0, 0.05) is 45.6 Å². The summed E-state index contributed by atoms with van der Waals surface area (Å²) >= 11 is 0. The number of hydrogen-bond acceptors (Lipinski definition) is 7. The Kier molecular flexibility index (Phi) is 21.5. The summed E-state index contributed by atoms with van der Waals surface area (Å²) in [4.78, 5) is 44.3. The molecule has 0 heterocycles. The second-order valence-electron chi connectivity index (χ2n) is 4.46. The number of ketones is 1. The molecule has 1 radical (unpaired) electrons. The maximum Gasteiger partial charge on any atom is 0.221 e. The number of Topliss-reactive ketones (excluding diaryl/α,β-unsaturated/α-hetero) is 1. The second kappa shape index (κ2) is 18.0. The van der Waals surface area contributed by atoms with Gasteiger partial charge in [0.1, 0.15) is 0 Å². The molecule has 0 aliphatic heterocycles. The Balaban J connectivity index is -0.00000200. The first-order valence-corrected chi connectivity index (χ1v) is 6.89. The van der Waals surface area contributed by atoms with Gasteiger partial charge in [-0.15, -0.1) is 0 Å². The Hall–Kier alpha value is -0.346. The zero-order valence-electron chi connectivity index (χ0n) is 13.3. The quantitative estimate of drug-likeness (QED) is 0.125. The van der Waals surface area contributed by atoms with Crippen LogP contribution >= 0.6 is 0 Å². The van der Waals surface area contributed by atoms with Gasteiger partial charge in [-0.25, -0.2) is 6.29 Å². The molecule has 0 fully saturated rings. The molecule has 5 N–H and O–H groups in total. The molecule has 1 unspecified atom stereocenters. The van der Waals surface area contributed by atoms with Crippen LogP contribution in [-0.4, -0.2) is 49.7 Å². The summed E-state index contributed by atoms with van der Waals surface area (Å²) in [5, 5.41) is 7.72. The standard InChI is InChI=1S/C13H23N4O4.H2S.Y/c1-2-3-12(20)16-9-17-13(21)5-4-10(8-18)15-7-11(19)6-14;;/h10,15H,2-7,9,14H2,1H3,(H,16,20)(H,17,21);1H2;/q-1;;/p-1. The van der Waals surface area contributed by atoms with Crippen molar-refractivity contribution >= 4 is 37.4 Å². The summed E-state index contributed by atoms with van der Waals surface area (Å²) in [5.41, 5.74) is 5.14. The van der Waals surface area contributed by atoms with E-state index < -0.39 is 6.04 Å². The topological polar surface area (TPSA) is 130 Å². The van der Waals surface area contributed by atoms with Crippen LogP contribution in [0.2, 0.25) is 0 Å². The first-order chi connectivity index (χ1) is 10.0. The fourth-order valence-corrected chi connectivity index (χ4v) is 1.43. The molecule has 23 heavy (non-hydrogen) atoms. The molecular weight excluding hydrogens is 397 g/mol. The molecule has 0 saturated heterocycles. The zero-order valence-corrected chi connectivity index (χ0v) is 17.0. The van der Waals surface area contributed by atoms with E-state index >= 15 is 0 Å². The van der Waals surface area contributed by atoms with Crippen molar-refractivity contribution in [3.8, 4) is 0 Å². The molecule has 0 aromatic heterocycles. The molecule has 131 valence electrons. The van der Waals surface area contributed by atoms with Crippen molar-refractivity contribution in [1.82, 2.24) is 16.0 Å². The molecule has 2 amide bonds. The number of carbonyl (C=O) groups is 3. The summed E-state index contributed by atoms with van der Waals surface area (Å²) < 4.78 is 0. The Morgan fingerprint density at radius 1 is 1.13 bits per heavy atom. The molecule has 8 nitrogen and oxygen atoms in total. The van der Waals surface area contributed by atoms with Crippen LogP contribution in [0.1, 0.15) is 32.6 Å². The van der Waals surface area contributed by atoms with E-state index in [2.05, 4.69) is 16.0 Å². The summed E-state index contributed by atoms with van der Waals surface area (Å²) in [7, 11) is 0. The van der Waals surface area contributed by atoms with E-state index in [1.165, 1.54) is 0 Å².